The van der Waals surface area contributed by atoms with E-state index in [1.807, 2.05) is 13.8 Å². The van der Waals surface area contributed by atoms with Gasteiger partial charge in [-0.3, -0.25) is 9.59 Å². The van der Waals surface area contributed by atoms with E-state index in [0.717, 1.165) is 0 Å². The number of hydrogen-bond acceptors (Lipinski definition) is 4. The van der Waals surface area contributed by atoms with Gasteiger partial charge in [-0.2, -0.15) is 0 Å². The highest BCUT2D eigenvalue weighted by Gasteiger charge is 2.27. The van der Waals surface area contributed by atoms with Gasteiger partial charge in [-0.25, -0.2) is 0 Å². The van der Waals surface area contributed by atoms with Crippen molar-refractivity contribution >= 4 is 11.8 Å². The molecule has 0 radical (unpaired) electrons. The van der Waals surface area contributed by atoms with Crippen LogP contribution in [0.2, 0.25) is 0 Å². The number of aliphatic hydroxyl groups is 1. The lowest BCUT2D eigenvalue weighted by atomic mass is 10.1. The molecule has 6 heteroatoms. The fourth-order valence-electron chi connectivity index (χ4n) is 2.66. The minimum absolute atomic E-state index is 0.151. The van der Waals surface area contributed by atoms with Gasteiger partial charge >= 0.3 is 0 Å². The molecule has 1 aliphatic heterocycles. The summed E-state index contributed by atoms with van der Waals surface area (Å²) in [6.07, 6.45) is 1.69. The molecule has 22 heavy (non-hydrogen) atoms. The van der Waals surface area contributed by atoms with E-state index in [9.17, 15) is 14.7 Å². The molecule has 2 heterocycles. The van der Waals surface area contributed by atoms with Crippen LogP contribution in [0.25, 0.3) is 0 Å². The number of rotatable bonds is 4. The first-order chi connectivity index (χ1) is 10.5. The molecule has 0 spiro atoms. The molecule has 0 saturated carbocycles. The van der Waals surface area contributed by atoms with E-state index >= 15 is 0 Å². The van der Waals surface area contributed by atoms with E-state index in [1.165, 1.54) is 6.26 Å². The summed E-state index contributed by atoms with van der Waals surface area (Å²) in [7, 11) is 0. The van der Waals surface area contributed by atoms with Crippen LogP contribution in [0.1, 0.15) is 37.2 Å². The van der Waals surface area contributed by atoms with Crippen molar-refractivity contribution in [3.8, 4) is 0 Å². The molecule has 0 aliphatic carbocycles. The average molecular weight is 308 g/mol. The van der Waals surface area contributed by atoms with Gasteiger partial charge in [0.05, 0.1) is 6.26 Å². The maximum Gasteiger partial charge on any atom is 0.289 e. The highest BCUT2D eigenvalue weighted by Crippen LogP contribution is 2.13. The summed E-state index contributed by atoms with van der Waals surface area (Å²) in [6.45, 7) is 6.00. The first-order valence-electron chi connectivity index (χ1n) is 7.78. The van der Waals surface area contributed by atoms with Gasteiger partial charge in [0, 0.05) is 26.2 Å². The van der Waals surface area contributed by atoms with Crippen molar-refractivity contribution in [1.82, 2.24) is 9.80 Å². The van der Waals surface area contributed by atoms with Gasteiger partial charge in [-0.05, 0) is 30.9 Å². The molecule has 1 fully saturated rings. The van der Waals surface area contributed by atoms with E-state index in [1.54, 1.807) is 21.9 Å². The van der Waals surface area contributed by atoms with Crippen molar-refractivity contribution in [2.45, 2.75) is 32.8 Å². The smallest absolute Gasteiger partial charge is 0.289 e. The number of hydrogen-bond donors (Lipinski definition) is 1. The minimum Gasteiger partial charge on any atom is -0.459 e. The minimum atomic E-state index is -0.952. The summed E-state index contributed by atoms with van der Waals surface area (Å²) in [5.41, 5.74) is 0. The highest BCUT2D eigenvalue weighted by atomic mass is 16.3. The van der Waals surface area contributed by atoms with E-state index in [-0.39, 0.29) is 17.7 Å². The van der Waals surface area contributed by atoms with Crippen LogP contribution >= 0.6 is 0 Å². The molecular formula is C16H24N2O4. The van der Waals surface area contributed by atoms with Gasteiger partial charge in [0.25, 0.3) is 11.8 Å². The van der Waals surface area contributed by atoms with Gasteiger partial charge < -0.3 is 19.3 Å². The zero-order valence-electron chi connectivity index (χ0n) is 13.2. The van der Waals surface area contributed by atoms with E-state index in [0.29, 0.717) is 44.8 Å². The Labute approximate surface area is 130 Å². The van der Waals surface area contributed by atoms with E-state index in [2.05, 4.69) is 0 Å². The van der Waals surface area contributed by atoms with Gasteiger partial charge in [0.1, 0.15) is 6.10 Å². The topological polar surface area (TPSA) is 74.0 Å². The van der Waals surface area contributed by atoms with Crippen molar-refractivity contribution < 1.29 is 19.1 Å². The molecule has 1 aromatic heterocycles. The Morgan fingerprint density at radius 3 is 2.55 bits per heavy atom. The molecule has 0 unspecified atom stereocenters. The van der Waals surface area contributed by atoms with Crippen molar-refractivity contribution in [2.75, 3.05) is 26.2 Å². The predicted octanol–water partition coefficient (Wildman–Crippen LogP) is 1.36. The molecule has 122 valence electrons. The lowest BCUT2D eigenvalue weighted by Crippen LogP contribution is -2.42. The largest absolute Gasteiger partial charge is 0.459 e. The summed E-state index contributed by atoms with van der Waals surface area (Å²) in [6, 6.07) is 3.33. The third kappa shape index (κ3) is 4.10. The number of carbonyl (C=O) groups is 2. The van der Waals surface area contributed by atoms with Gasteiger partial charge in [0.15, 0.2) is 5.76 Å². The fourth-order valence-corrected chi connectivity index (χ4v) is 2.66. The monoisotopic (exact) mass is 308 g/mol. The van der Waals surface area contributed by atoms with Crippen molar-refractivity contribution in [1.29, 1.82) is 0 Å². The molecule has 1 aromatic rings. The summed E-state index contributed by atoms with van der Waals surface area (Å²) >= 11 is 0. The zero-order valence-corrected chi connectivity index (χ0v) is 13.2. The molecular weight excluding hydrogens is 284 g/mol. The van der Waals surface area contributed by atoms with Gasteiger partial charge in [-0.1, -0.05) is 13.8 Å². The van der Waals surface area contributed by atoms with Crippen LogP contribution < -0.4 is 0 Å². The SMILES string of the molecule is CC(C)C[C@@H](O)C(=O)N1CCCN(C(=O)c2ccco2)CC1. The maximum absolute atomic E-state index is 12.2. The Morgan fingerprint density at radius 1 is 1.23 bits per heavy atom. The maximum atomic E-state index is 12.2. The second-order valence-electron chi connectivity index (χ2n) is 6.09. The van der Waals surface area contributed by atoms with Crippen molar-refractivity contribution in [2.24, 2.45) is 5.92 Å². The summed E-state index contributed by atoms with van der Waals surface area (Å²) in [5.74, 6) is 0.200. The Hall–Kier alpha value is -1.82. The quantitative estimate of drug-likeness (QED) is 0.911. The lowest BCUT2D eigenvalue weighted by molar-refractivity contribution is -0.140. The standard InChI is InChI=1S/C16H24N2O4/c1-12(2)11-13(19)15(20)17-6-4-7-18(9-8-17)16(21)14-5-3-10-22-14/h3,5,10,12-13,19H,4,6-9,11H2,1-2H3/t13-/m1/s1. The number of nitrogens with zero attached hydrogens (tertiary/aromatic N) is 2. The van der Waals surface area contributed by atoms with Crippen LogP contribution in [0.15, 0.2) is 22.8 Å². The highest BCUT2D eigenvalue weighted by molar-refractivity contribution is 5.91. The average Bonchev–Trinajstić information content (AvgIpc) is 2.89. The third-order valence-corrected chi connectivity index (χ3v) is 3.81. The Morgan fingerprint density at radius 2 is 1.91 bits per heavy atom. The third-order valence-electron chi connectivity index (χ3n) is 3.81. The second kappa shape index (κ2) is 7.45. The lowest BCUT2D eigenvalue weighted by Gasteiger charge is -2.24. The number of furan rings is 1. The van der Waals surface area contributed by atoms with Gasteiger partial charge in [0.2, 0.25) is 0 Å². The first kappa shape index (κ1) is 16.5. The normalized spacial score (nSPS) is 17.5. The Bertz CT molecular complexity index is 498. The summed E-state index contributed by atoms with van der Waals surface area (Å²) in [5, 5.41) is 9.97. The number of carbonyl (C=O) groups excluding carboxylic acids is 2. The summed E-state index contributed by atoms with van der Waals surface area (Å²) in [4.78, 5) is 27.8. The van der Waals surface area contributed by atoms with Crippen LogP contribution in [-0.2, 0) is 4.79 Å². The molecule has 0 bridgehead atoms. The molecule has 1 aliphatic rings. The molecule has 1 saturated heterocycles. The Balaban J connectivity index is 1.92. The molecule has 1 atom stereocenters. The zero-order chi connectivity index (χ0) is 16.1. The second-order valence-corrected chi connectivity index (χ2v) is 6.09. The van der Waals surface area contributed by atoms with Crippen LogP contribution in [0.5, 0.6) is 0 Å². The van der Waals surface area contributed by atoms with Crippen LogP contribution in [-0.4, -0.2) is 59.0 Å². The number of amides is 2. The molecule has 2 rings (SSSR count). The van der Waals surface area contributed by atoms with Crippen LogP contribution in [0.3, 0.4) is 0 Å². The molecule has 2 amide bonds. The predicted molar refractivity (Wildman–Crippen MR) is 81.3 cm³/mol. The van der Waals surface area contributed by atoms with Crippen LogP contribution in [0, 0.1) is 5.92 Å². The van der Waals surface area contributed by atoms with Gasteiger partial charge in [-0.15, -0.1) is 0 Å². The molecule has 1 N–H and O–H groups in total. The van der Waals surface area contributed by atoms with Crippen LogP contribution in [0.4, 0.5) is 0 Å². The van der Waals surface area contributed by atoms with Crippen molar-refractivity contribution in [3.63, 3.8) is 0 Å². The van der Waals surface area contributed by atoms with Crippen molar-refractivity contribution in [3.05, 3.63) is 24.2 Å². The Kier molecular flexibility index (Phi) is 5.60. The molecule has 0 aromatic carbocycles. The molecule has 6 nitrogen and oxygen atoms in total. The first-order valence-corrected chi connectivity index (χ1v) is 7.78. The van der Waals surface area contributed by atoms with E-state index in [4.69, 9.17) is 4.42 Å². The number of aliphatic hydroxyl groups excluding tert-OH is 1. The van der Waals surface area contributed by atoms with E-state index < -0.39 is 6.10 Å². The summed E-state index contributed by atoms with van der Waals surface area (Å²) < 4.78 is 5.13. The fraction of sp³-hybridized carbons (Fsp3) is 0.625.